The van der Waals surface area contributed by atoms with Gasteiger partial charge in [0.1, 0.15) is 5.75 Å². The second-order valence-electron chi connectivity index (χ2n) is 4.31. The molecule has 1 aliphatic heterocycles. The third kappa shape index (κ3) is 3.62. The van der Waals surface area contributed by atoms with Gasteiger partial charge in [0.2, 0.25) is 0 Å². The lowest BCUT2D eigenvalue weighted by Gasteiger charge is -2.29. The Hall–Kier alpha value is -0.750. The largest absolute Gasteiger partial charge is 0.497 e. The molecule has 0 aliphatic carbocycles. The molecule has 1 fully saturated rings. The van der Waals surface area contributed by atoms with Gasteiger partial charge in [0.15, 0.2) is 0 Å². The van der Waals surface area contributed by atoms with Crippen LogP contribution >= 0.6 is 11.8 Å². The van der Waals surface area contributed by atoms with E-state index in [2.05, 4.69) is 11.5 Å². The van der Waals surface area contributed by atoms with Gasteiger partial charge in [-0.1, -0.05) is 12.1 Å². The number of methoxy groups -OCH3 is 1. The fraction of sp³-hybridized carbons (Fsp3) is 0.538. The summed E-state index contributed by atoms with van der Waals surface area (Å²) in [5.74, 6) is 8.60. The molecule has 18 heavy (non-hydrogen) atoms. The molecule has 1 aromatic rings. The van der Waals surface area contributed by atoms with E-state index in [1.165, 1.54) is 5.56 Å². The van der Waals surface area contributed by atoms with Gasteiger partial charge in [-0.2, -0.15) is 11.8 Å². The van der Waals surface area contributed by atoms with E-state index in [-0.39, 0.29) is 12.1 Å². The Labute approximate surface area is 112 Å². The first-order valence-electron chi connectivity index (χ1n) is 6.12. The van der Waals surface area contributed by atoms with E-state index < -0.39 is 0 Å². The third-order valence-corrected chi connectivity index (χ3v) is 4.11. The number of rotatable bonds is 5. The summed E-state index contributed by atoms with van der Waals surface area (Å²) in [4.78, 5) is 0. The number of nitrogens with two attached hydrogens (primary N) is 1. The summed E-state index contributed by atoms with van der Waals surface area (Å²) in [7, 11) is 1.68. The Morgan fingerprint density at radius 3 is 3.17 bits per heavy atom. The van der Waals surface area contributed by atoms with Gasteiger partial charge < -0.3 is 9.47 Å². The second-order valence-corrected chi connectivity index (χ2v) is 5.46. The quantitative estimate of drug-likeness (QED) is 0.621. The molecular weight excluding hydrogens is 248 g/mol. The van der Waals surface area contributed by atoms with Crippen molar-refractivity contribution >= 4 is 11.8 Å². The van der Waals surface area contributed by atoms with Crippen LogP contribution in [0.1, 0.15) is 5.56 Å². The number of benzene rings is 1. The molecule has 0 saturated carbocycles. The van der Waals surface area contributed by atoms with Crippen molar-refractivity contribution in [2.75, 3.05) is 25.2 Å². The molecule has 1 aromatic carbocycles. The lowest BCUT2D eigenvalue weighted by atomic mass is 10.0. The maximum Gasteiger partial charge on any atom is 0.119 e. The molecule has 4 nitrogen and oxygen atoms in total. The highest BCUT2D eigenvalue weighted by Gasteiger charge is 2.24. The molecular formula is C13H20N2O2S. The maximum absolute atomic E-state index is 5.77. The summed E-state index contributed by atoms with van der Waals surface area (Å²) in [6.45, 7) is 0.811. The molecule has 0 aromatic heterocycles. The van der Waals surface area contributed by atoms with Gasteiger partial charge in [0.05, 0.1) is 25.9 Å². The summed E-state index contributed by atoms with van der Waals surface area (Å²) in [5, 5.41) is 0. The Morgan fingerprint density at radius 2 is 2.50 bits per heavy atom. The zero-order valence-electron chi connectivity index (χ0n) is 10.6. The molecule has 100 valence electrons. The molecule has 1 heterocycles. The van der Waals surface area contributed by atoms with Gasteiger partial charge in [0, 0.05) is 11.5 Å². The first-order chi connectivity index (χ1) is 8.83. The van der Waals surface area contributed by atoms with Gasteiger partial charge in [-0.25, -0.2) is 0 Å². The summed E-state index contributed by atoms with van der Waals surface area (Å²) in [5.41, 5.74) is 4.08. The number of hydrogen-bond donors (Lipinski definition) is 2. The molecule has 2 rings (SSSR count). The molecule has 1 saturated heterocycles. The van der Waals surface area contributed by atoms with Crippen LogP contribution in [0.15, 0.2) is 24.3 Å². The summed E-state index contributed by atoms with van der Waals surface area (Å²) in [6, 6.07) is 8.22. The Balaban J connectivity index is 1.99. The highest BCUT2D eigenvalue weighted by molar-refractivity contribution is 7.99. The highest BCUT2D eigenvalue weighted by Crippen LogP contribution is 2.19. The minimum Gasteiger partial charge on any atom is -0.497 e. The zero-order chi connectivity index (χ0) is 12.8. The normalized spacial score (nSPS) is 21.6. The summed E-state index contributed by atoms with van der Waals surface area (Å²) in [6.07, 6.45) is 1.03. The van der Waals surface area contributed by atoms with Gasteiger partial charge in [-0.3, -0.25) is 11.3 Å². The zero-order valence-corrected chi connectivity index (χ0v) is 11.4. The van der Waals surface area contributed by atoms with Gasteiger partial charge in [-0.05, 0) is 24.1 Å². The first-order valence-corrected chi connectivity index (χ1v) is 7.27. The van der Waals surface area contributed by atoms with E-state index in [0.29, 0.717) is 0 Å². The predicted octanol–water partition coefficient (Wildman–Crippen LogP) is 1.20. The van der Waals surface area contributed by atoms with E-state index in [0.717, 1.165) is 30.3 Å². The second kappa shape index (κ2) is 6.99. The molecule has 2 unspecified atom stereocenters. The SMILES string of the molecule is COc1cccc(CC(NN)C2CSCCO2)c1. The van der Waals surface area contributed by atoms with E-state index in [9.17, 15) is 0 Å². The van der Waals surface area contributed by atoms with Crippen molar-refractivity contribution in [2.24, 2.45) is 5.84 Å². The van der Waals surface area contributed by atoms with Crippen molar-refractivity contribution < 1.29 is 9.47 Å². The monoisotopic (exact) mass is 268 g/mol. The molecule has 0 bridgehead atoms. The molecule has 0 radical (unpaired) electrons. The average Bonchev–Trinajstić information content (AvgIpc) is 2.46. The highest BCUT2D eigenvalue weighted by atomic mass is 32.2. The fourth-order valence-corrected chi connectivity index (χ4v) is 3.03. The molecule has 2 atom stereocenters. The van der Waals surface area contributed by atoms with Gasteiger partial charge in [-0.15, -0.1) is 0 Å². The topological polar surface area (TPSA) is 56.5 Å². The van der Waals surface area contributed by atoms with Crippen molar-refractivity contribution in [1.82, 2.24) is 5.43 Å². The smallest absolute Gasteiger partial charge is 0.119 e. The molecule has 0 spiro atoms. The predicted molar refractivity (Wildman–Crippen MR) is 74.9 cm³/mol. The lowest BCUT2D eigenvalue weighted by molar-refractivity contribution is 0.0472. The molecule has 5 heteroatoms. The standard InChI is InChI=1S/C13H20N2O2S/c1-16-11-4-2-3-10(7-11)8-12(15-14)13-9-18-6-5-17-13/h2-4,7,12-13,15H,5-6,8-9,14H2,1H3. The summed E-state index contributed by atoms with van der Waals surface area (Å²) >= 11 is 1.92. The minimum atomic E-state index is 0.143. The van der Waals surface area contributed by atoms with Crippen LogP contribution in [-0.2, 0) is 11.2 Å². The number of ether oxygens (including phenoxy) is 2. The molecule has 3 N–H and O–H groups in total. The van der Waals surface area contributed by atoms with Crippen LogP contribution in [0.3, 0.4) is 0 Å². The van der Waals surface area contributed by atoms with E-state index >= 15 is 0 Å². The van der Waals surface area contributed by atoms with E-state index in [4.69, 9.17) is 15.3 Å². The summed E-state index contributed by atoms with van der Waals surface area (Å²) < 4.78 is 11.0. The van der Waals surface area contributed by atoms with Crippen molar-refractivity contribution in [2.45, 2.75) is 18.6 Å². The minimum absolute atomic E-state index is 0.143. The van der Waals surface area contributed by atoms with Crippen LogP contribution in [0.25, 0.3) is 0 Å². The Bertz CT molecular complexity index is 370. The van der Waals surface area contributed by atoms with Crippen molar-refractivity contribution in [3.63, 3.8) is 0 Å². The van der Waals surface area contributed by atoms with Crippen molar-refractivity contribution in [3.05, 3.63) is 29.8 Å². The number of nitrogens with one attached hydrogen (secondary N) is 1. The van der Waals surface area contributed by atoms with Crippen LogP contribution in [0.2, 0.25) is 0 Å². The molecule has 0 amide bonds. The Kier molecular flexibility index (Phi) is 5.31. The maximum atomic E-state index is 5.77. The van der Waals surface area contributed by atoms with Gasteiger partial charge in [0.25, 0.3) is 0 Å². The number of hydrazine groups is 1. The third-order valence-electron chi connectivity index (χ3n) is 3.09. The number of thioether (sulfide) groups is 1. The van der Waals surface area contributed by atoms with Crippen LogP contribution in [0.5, 0.6) is 5.75 Å². The first kappa shape index (κ1) is 13.7. The number of hydrogen-bond acceptors (Lipinski definition) is 5. The van der Waals surface area contributed by atoms with Gasteiger partial charge >= 0.3 is 0 Å². The van der Waals surface area contributed by atoms with E-state index in [1.807, 2.05) is 30.0 Å². The average molecular weight is 268 g/mol. The van der Waals surface area contributed by atoms with Crippen molar-refractivity contribution in [1.29, 1.82) is 0 Å². The van der Waals surface area contributed by atoms with Crippen LogP contribution < -0.4 is 16.0 Å². The van der Waals surface area contributed by atoms with Crippen molar-refractivity contribution in [3.8, 4) is 5.75 Å². The van der Waals surface area contributed by atoms with E-state index in [1.54, 1.807) is 7.11 Å². The van der Waals surface area contributed by atoms with Crippen LogP contribution in [0.4, 0.5) is 0 Å². The van der Waals surface area contributed by atoms with Crippen LogP contribution in [0, 0.1) is 0 Å². The fourth-order valence-electron chi connectivity index (χ4n) is 2.09. The Morgan fingerprint density at radius 1 is 1.61 bits per heavy atom. The lowest BCUT2D eigenvalue weighted by Crippen LogP contribution is -2.49. The molecule has 1 aliphatic rings. The van der Waals surface area contributed by atoms with Crippen LogP contribution in [-0.4, -0.2) is 37.4 Å².